The summed E-state index contributed by atoms with van der Waals surface area (Å²) in [5, 5.41) is 22.8. The topological polar surface area (TPSA) is 85.9 Å². The molecule has 1 aliphatic rings. The van der Waals surface area contributed by atoms with Gasteiger partial charge in [0.2, 0.25) is 0 Å². The lowest BCUT2D eigenvalue weighted by atomic mass is 10.00. The van der Waals surface area contributed by atoms with Crippen LogP contribution in [-0.2, 0) is 4.79 Å². The number of aliphatic hydroxyl groups is 1. The minimum Gasteiger partial charge on any atom is -0.484 e. The van der Waals surface area contributed by atoms with Crippen LogP contribution in [0.3, 0.4) is 0 Å². The first kappa shape index (κ1) is 20.4. The van der Waals surface area contributed by atoms with Crippen LogP contribution in [-0.4, -0.2) is 40.2 Å². The monoisotopic (exact) mass is 403 g/mol. The van der Waals surface area contributed by atoms with E-state index < -0.39 is 30.8 Å². The number of nitriles is 1. The number of alkyl halides is 3. The first-order valence-corrected chi connectivity index (χ1v) is 8.54. The number of rotatable bonds is 4. The fraction of sp³-hybridized carbons (Fsp3) is 0.250. The summed E-state index contributed by atoms with van der Waals surface area (Å²) >= 11 is 0. The molecular formula is C20H16F3N3O3. The number of hydrogen-bond acceptors (Lipinski definition) is 5. The van der Waals surface area contributed by atoms with E-state index in [2.05, 4.69) is 5.10 Å². The van der Waals surface area contributed by atoms with Crippen molar-refractivity contribution in [1.82, 2.24) is 5.01 Å². The minimum atomic E-state index is -5.12. The van der Waals surface area contributed by atoms with Crippen LogP contribution in [0.2, 0.25) is 0 Å². The molecule has 1 heterocycles. The molecule has 0 fully saturated rings. The SMILES string of the molecule is Cc1ccc(C2=NN(C(=O)COc3ccc(C#N)cc3)[C@@](O)(C(F)(F)F)C2)cc1. The molecule has 29 heavy (non-hydrogen) atoms. The summed E-state index contributed by atoms with van der Waals surface area (Å²) in [5.41, 5.74) is -1.87. The Bertz CT molecular complexity index is 979. The molecular weight excluding hydrogens is 387 g/mol. The maximum Gasteiger partial charge on any atom is 0.438 e. The van der Waals surface area contributed by atoms with Crippen molar-refractivity contribution in [2.75, 3.05) is 6.61 Å². The smallest absolute Gasteiger partial charge is 0.438 e. The second-order valence-corrected chi connectivity index (χ2v) is 6.53. The van der Waals surface area contributed by atoms with E-state index in [1.807, 2.05) is 13.0 Å². The Balaban J connectivity index is 1.82. The van der Waals surface area contributed by atoms with Crippen molar-refractivity contribution in [2.24, 2.45) is 5.10 Å². The van der Waals surface area contributed by atoms with Crippen LogP contribution in [0.15, 0.2) is 53.6 Å². The number of carbonyl (C=O) groups excluding carboxylic acids is 1. The van der Waals surface area contributed by atoms with E-state index in [-0.39, 0.29) is 16.5 Å². The molecule has 1 aliphatic heterocycles. The summed E-state index contributed by atoms with van der Waals surface area (Å²) in [4.78, 5) is 12.4. The third-order valence-electron chi connectivity index (χ3n) is 4.41. The summed E-state index contributed by atoms with van der Waals surface area (Å²) in [7, 11) is 0. The van der Waals surface area contributed by atoms with Gasteiger partial charge in [-0.1, -0.05) is 29.8 Å². The number of carbonyl (C=O) groups is 1. The maximum atomic E-state index is 13.6. The van der Waals surface area contributed by atoms with Gasteiger partial charge < -0.3 is 9.84 Å². The lowest BCUT2D eigenvalue weighted by Gasteiger charge is -2.32. The number of benzene rings is 2. The Hall–Kier alpha value is -3.38. The zero-order valence-corrected chi connectivity index (χ0v) is 15.3. The first-order chi connectivity index (χ1) is 13.6. The molecule has 1 atom stereocenters. The molecule has 0 bridgehead atoms. The minimum absolute atomic E-state index is 0.0336. The van der Waals surface area contributed by atoms with Gasteiger partial charge in [0.1, 0.15) is 5.75 Å². The molecule has 0 radical (unpaired) electrons. The van der Waals surface area contributed by atoms with Crippen LogP contribution in [0.1, 0.15) is 23.1 Å². The summed E-state index contributed by atoms with van der Waals surface area (Å²) in [6.45, 7) is 1.05. The van der Waals surface area contributed by atoms with E-state index >= 15 is 0 Å². The van der Waals surface area contributed by atoms with Gasteiger partial charge in [0.25, 0.3) is 11.6 Å². The highest BCUT2D eigenvalue weighted by Crippen LogP contribution is 2.41. The molecule has 6 nitrogen and oxygen atoms in total. The normalized spacial score (nSPS) is 18.9. The van der Waals surface area contributed by atoms with E-state index in [1.165, 1.54) is 24.3 Å². The molecule has 150 valence electrons. The van der Waals surface area contributed by atoms with Crippen LogP contribution in [0.5, 0.6) is 5.75 Å². The van der Waals surface area contributed by atoms with Gasteiger partial charge in [0.15, 0.2) is 6.61 Å². The van der Waals surface area contributed by atoms with Crippen molar-refractivity contribution in [2.45, 2.75) is 25.2 Å². The van der Waals surface area contributed by atoms with Gasteiger partial charge in [-0.3, -0.25) is 4.79 Å². The van der Waals surface area contributed by atoms with Crippen molar-refractivity contribution in [3.05, 3.63) is 65.2 Å². The van der Waals surface area contributed by atoms with Crippen LogP contribution in [0, 0.1) is 18.3 Å². The predicted octanol–water partition coefficient (Wildman–Crippen LogP) is 3.13. The van der Waals surface area contributed by atoms with E-state index in [9.17, 15) is 23.1 Å². The van der Waals surface area contributed by atoms with Gasteiger partial charge >= 0.3 is 6.18 Å². The molecule has 2 aromatic rings. The Morgan fingerprint density at radius 1 is 1.24 bits per heavy atom. The Kier molecular flexibility index (Phi) is 5.31. The van der Waals surface area contributed by atoms with Crippen LogP contribution >= 0.6 is 0 Å². The van der Waals surface area contributed by atoms with Gasteiger partial charge in [0, 0.05) is 0 Å². The summed E-state index contributed by atoms with van der Waals surface area (Å²) in [6.07, 6.45) is -6.00. The number of hydrazone groups is 1. The quantitative estimate of drug-likeness (QED) is 0.850. The van der Waals surface area contributed by atoms with Crippen LogP contribution in [0.25, 0.3) is 0 Å². The highest BCUT2D eigenvalue weighted by Gasteiger charge is 2.63. The van der Waals surface area contributed by atoms with E-state index in [0.717, 1.165) is 5.56 Å². The molecule has 0 aliphatic carbocycles. The largest absolute Gasteiger partial charge is 0.484 e. The third kappa shape index (κ3) is 4.07. The molecule has 9 heteroatoms. The zero-order chi connectivity index (χ0) is 21.2. The Morgan fingerprint density at radius 2 is 1.86 bits per heavy atom. The Morgan fingerprint density at radius 3 is 2.41 bits per heavy atom. The van der Waals surface area contributed by atoms with E-state index in [0.29, 0.717) is 11.1 Å². The highest BCUT2D eigenvalue weighted by molar-refractivity contribution is 6.03. The molecule has 0 saturated heterocycles. The van der Waals surface area contributed by atoms with Gasteiger partial charge in [-0.25, -0.2) is 0 Å². The maximum absolute atomic E-state index is 13.6. The van der Waals surface area contributed by atoms with Gasteiger partial charge in [-0.2, -0.15) is 28.5 Å². The molecule has 1 amide bonds. The number of amides is 1. The van der Waals surface area contributed by atoms with Crippen molar-refractivity contribution in [1.29, 1.82) is 5.26 Å². The lowest BCUT2D eigenvalue weighted by Crippen LogP contribution is -2.57. The molecule has 0 aromatic heterocycles. The standard InChI is InChI=1S/C20H16F3N3O3/c1-13-2-6-15(7-3-13)17-10-19(28,20(21,22)23)26(25-17)18(27)12-29-16-8-4-14(11-24)5-9-16/h2-9,28H,10,12H2,1H3/t19-/m0/s1. The molecule has 2 aromatic carbocycles. The van der Waals surface area contributed by atoms with Crippen LogP contribution < -0.4 is 4.74 Å². The fourth-order valence-corrected chi connectivity index (χ4v) is 2.77. The zero-order valence-electron chi connectivity index (χ0n) is 15.3. The first-order valence-electron chi connectivity index (χ1n) is 8.54. The number of halogens is 3. The third-order valence-corrected chi connectivity index (χ3v) is 4.41. The van der Waals surface area contributed by atoms with Crippen molar-refractivity contribution in [3.63, 3.8) is 0 Å². The van der Waals surface area contributed by atoms with Crippen molar-refractivity contribution in [3.8, 4) is 11.8 Å². The van der Waals surface area contributed by atoms with Gasteiger partial charge in [-0.05, 0) is 36.8 Å². The lowest BCUT2D eigenvalue weighted by molar-refractivity contribution is -0.302. The molecule has 3 rings (SSSR count). The van der Waals surface area contributed by atoms with Crippen LogP contribution in [0.4, 0.5) is 13.2 Å². The van der Waals surface area contributed by atoms with Gasteiger partial charge in [-0.15, -0.1) is 0 Å². The number of nitrogens with zero attached hydrogens (tertiary/aromatic N) is 3. The van der Waals surface area contributed by atoms with Crippen molar-refractivity contribution >= 4 is 11.6 Å². The fourth-order valence-electron chi connectivity index (χ4n) is 2.77. The highest BCUT2D eigenvalue weighted by atomic mass is 19.4. The molecule has 0 saturated carbocycles. The predicted molar refractivity (Wildman–Crippen MR) is 96.8 cm³/mol. The number of aryl methyl sites for hydroxylation is 1. The van der Waals surface area contributed by atoms with Crippen molar-refractivity contribution < 1.29 is 27.8 Å². The number of ether oxygens (including phenoxy) is 1. The Labute approximate surface area is 164 Å². The average Bonchev–Trinajstić information content (AvgIpc) is 3.06. The van der Waals surface area contributed by atoms with Gasteiger partial charge in [0.05, 0.1) is 23.8 Å². The second kappa shape index (κ2) is 7.56. The summed E-state index contributed by atoms with van der Waals surface area (Å²) in [5.74, 6) is -0.967. The molecule has 1 N–H and O–H groups in total. The average molecular weight is 403 g/mol. The molecule has 0 unspecified atom stereocenters. The summed E-state index contributed by atoms with van der Waals surface area (Å²) < 4.78 is 45.9. The number of hydrogen-bond donors (Lipinski definition) is 1. The molecule has 0 spiro atoms. The van der Waals surface area contributed by atoms with E-state index in [1.54, 1.807) is 24.3 Å². The second-order valence-electron chi connectivity index (χ2n) is 6.53. The van der Waals surface area contributed by atoms with E-state index in [4.69, 9.17) is 10.00 Å². The summed E-state index contributed by atoms with van der Waals surface area (Å²) in [6, 6.07) is 14.2.